The maximum atomic E-state index is 12.3. The summed E-state index contributed by atoms with van der Waals surface area (Å²) in [5.41, 5.74) is 1.20. The number of hydrogen-bond donors (Lipinski definition) is 1. The van der Waals surface area contributed by atoms with Crippen molar-refractivity contribution in [2.45, 2.75) is 19.1 Å². The highest BCUT2D eigenvalue weighted by Crippen LogP contribution is 2.22. The van der Waals surface area contributed by atoms with Crippen LogP contribution in [0.15, 0.2) is 30.6 Å². The third-order valence-electron chi connectivity index (χ3n) is 3.33. The summed E-state index contributed by atoms with van der Waals surface area (Å²) >= 11 is 0. The SMILES string of the molecule is O=C(O)c1ccnc(-c2cc3c#[n+]n(CCC(F)(F)F)c3cn2)c1. The molecule has 0 aliphatic rings. The van der Waals surface area contributed by atoms with E-state index in [1.165, 1.54) is 29.2 Å². The Bertz CT molecular complexity index is 905. The second kappa shape index (κ2) is 5.81. The summed E-state index contributed by atoms with van der Waals surface area (Å²) in [4.78, 5) is 19.2. The van der Waals surface area contributed by atoms with Gasteiger partial charge in [0.2, 0.25) is 0 Å². The van der Waals surface area contributed by atoms with Crippen molar-refractivity contribution < 1.29 is 28.2 Å². The summed E-state index contributed by atoms with van der Waals surface area (Å²) in [6.07, 6.45) is 0.0871. The van der Waals surface area contributed by atoms with Gasteiger partial charge in [-0.25, -0.2) is 4.79 Å². The summed E-state index contributed by atoms with van der Waals surface area (Å²) in [6, 6.07) is 4.27. The minimum Gasteiger partial charge on any atom is -0.478 e. The van der Waals surface area contributed by atoms with Crippen molar-refractivity contribution in [2.75, 3.05) is 0 Å². The highest BCUT2D eigenvalue weighted by Gasteiger charge is 2.28. The number of nitrogens with zero attached hydrogens (tertiary/aromatic N) is 4. The molecule has 0 bridgehead atoms. The van der Waals surface area contributed by atoms with Gasteiger partial charge in [0.25, 0.3) is 0 Å². The molecule has 6 nitrogen and oxygen atoms in total. The van der Waals surface area contributed by atoms with Crippen LogP contribution in [0.3, 0.4) is 0 Å². The molecule has 0 aromatic carbocycles. The lowest BCUT2D eigenvalue weighted by molar-refractivity contribution is -0.416. The Morgan fingerprint density at radius 2 is 2.04 bits per heavy atom. The minimum atomic E-state index is -4.27. The molecule has 0 unspecified atom stereocenters. The molecule has 1 N–H and O–H groups in total. The highest BCUT2D eigenvalue weighted by atomic mass is 19.4. The smallest absolute Gasteiger partial charge is 0.391 e. The van der Waals surface area contributed by atoms with Crippen LogP contribution in [0, 0.1) is 6.20 Å². The topological polar surface area (TPSA) is 82.1 Å². The number of aromatic carboxylic acids is 1. The number of fused-ring (bicyclic) bond motifs is 1. The highest BCUT2D eigenvalue weighted by molar-refractivity contribution is 5.89. The van der Waals surface area contributed by atoms with E-state index in [4.69, 9.17) is 5.11 Å². The maximum absolute atomic E-state index is 12.3. The number of hydrogen-bond acceptors (Lipinski definition) is 3. The number of aryl methyl sites for hydroxylation is 1. The molecule has 122 valence electrons. The first-order valence-electron chi connectivity index (χ1n) is 6.84. The number of rotatable bonds is 4. The van der Waals surface area contributed by atoms with Crippen LogP contribution in [0.25, 0.3) is 22.3 Å². The number of pyridine rings is 2. The van der Waals surface area contributed by atoms with Crippen molar-refractivity contribution in [3.8, 4) is 11.4 Å². The van der Waals surface area contributed by atoms with Gasteiger partial charge in [0.05, 0.1) is 34.7 Å². The van der Waals surface area contributed by atoms with Gasteiger partial charge in [-0.15, -0.1) is 0 Å². The van der Waals surface area contributed by atoms with E-state index in [1.807, 2.05) is 0 Å². The molecular weight excluding hydrogens is 325 g/mol. The first-order chi connectivity index (χ1) is 11.3. The van der Waals surface area contributed by atoms with Gasteiger partial charge in [-0.3, -0.25) is 9.97 Å². The average molecular weight is 335 g/mol. The zero-order valence-corrected chi connectivity index (χ0v) is 12.1. The van der Waals surface area contributed by atoms with Gasteiger partial charge in [-0.1, -0.05) is 0 Å². The van der Waals surface area contributed by atoms with Crippen LogP contribution in [0.4, 0.5) is 13.2 Å². The monoisotopic (exact) mass is 335 g/mol. The van der Waals surface area contributed by atoms with Gasteiger partial charge in [0.1, 0.15) is 11.9 Å². The molecular formula is C15H10F3N4O2+. The second-order valence-corrected chi connectivity index (χ2v) is 5.02. The summed E-state index contributed by atoms with van der Waals surface area (Å²) in [7, 11) is 0. The molecule has 0 atom stereocenters. The largest absolute Gasteiger partial charge is 0.478 e. The quantitative estimate of drug-likeness (QED) is 0.790. The van der Waals surface area contributed by atoms with E-state index in [2.05, 4.69) is 21.3 Å². The molecule has 0 fully saturated rings. The molecule has 0 spiro atoms. The van der Waals surface area contributed by atoms with Crippen LogP contribution in [-0.2, 0) is 6.54 Å². The van der Waals surface area contributed by atoms with Crippen molar-refractivity contribution in [3.63, 3.8) is 0 Å². The average Bonchev–Trinajstić information content (AvgIpc) is 2.94. The number of carboxylic acid groups (broad SMARTS) is 1. The van der Waals surface area contributed by atoms with E-state index in [-0.39, 0.29) is 12.1 Å². The number of halogens is 3. The normalized spacial score (nSPS) is 11.5. The second-order valence-electron chi connectivity index (χ2n) is 5.02. The summed E-state index contributed by atoms with van der Waals surface area (Å²) in [5, 5.41) is 13.3. The molecule has 3 rings (SSSR count). The van der Waals surface area contributed by atoms with Crippen molar-refractivity contribution in [1.82, 2.24) is 14.6 Å². The standard InChI is InChI=1S/C15H9F3N4O2/c16-15(17,18)2-4-22-13-8-20-12(6-10(13)7-21-22)11-5-9(14(23)24)1-3-19-11/h1,3,5-6,8H,2,4H2/p+1. The number of alkyl halides is 3. The Hall–Kier alpha value is -3.15. The van der Waals surface area contributed by atoms with Gasteiger partial charge in [0, 0.05) is 6.20 Å². The fraction of sp³-hybridized carbons (Fsp3) is 0.200. The molecule has 24 heavy (non-hydrogen) atoms. The van der Waals surface area contributed by atoms with Crippen molar-refractivity contribution in [3.05, 3.63) is 42.4 Å². The van der Waals surface area contributed by atoms with E-state index in [9.17, 15) is 18.0 Å². The summed E-state index contributed by atoms with van der Waals surface area (Å²) in [6.45, 7) is -0.322. The molecule has 3 heterocycles. The Balaban J connectivity index is 1.93. The van der Waals surface area contributed by atoms with Crippen LogP contribution < -0.4 is 5.10 Å². The number of aromatic nitrogens is 4. The number of carboxylic acids is 1. The number of carbonyl (C=O) groups is 1. The predicted molar refractivity (Wildman–Crippen MR) is 75.0 cm³/mol. The molecule has 9 heteroatoms. The van der Waals surface area contributed by atoms with Crippen LogP contribution in [0.2, 0.25) is 0 Å². The lowest BCUT2D eigenvalue weighted by Crippen LogP contribution is -2.18. The molecule has 0 saturated heterocycles. The fourth-order valence-corrected chi connectivity index (χ4v) is 2.16. The molecule has 3 aromatic rings. The predicted octanol–water partition coefficient (Wildman–Crippen LogP) is 2.15. The lowest BCUT2D eigenvalue weighted by atomic mass is 10.1. The first kappa shape index (κ1) is 15.7. The van der Waals surface area contributed by atoms with E-state index < -0.39 is 18.6 Å². The van der Waals surface area contributed by atoms with Gasteiger partial charge in [-0.2, -0.15) is 13.2 Å². The molecule has 0 amide bonds. The summed E-state index contributed by atoms with van der Waals surface area (Å²) in [5.74, 6) is -1.09. The third kappa shape index (κ3) is 3.27. The van der Waals surface area contributed by atoms with Crippen molar-refractivity contribution in [1.29, 1.82) is 0 Å². The molecule has 0 saturated carbocycles. The Morgan fingerprint density at radius 3 is 2.75 bits per heavy atom. The van der Waals surface area contributed by atoms with E-state index in [0.29, 0.717) is 22.3 Å². The maximum Gasteiger partial charge on any atom is 0.391 e. The van der Waals surface area contributed by atoms with Crippen LogP contribution >= 0.6 is 0 Å². The van der Waals surface area contributed by atoms with Crippen LogP contribution in [-0.4, -0.2) is 31.9 Å². The minimum absolute atomic E-state index is 0.0618. The van der Waals surface area contributed by atoms with Gasteiger partial charge in [-0.05, 0) is 22.9 Å². The van der Waals surface area contributed by atoms with Crippen molar-refractivity contribution in [2.24, 2.45) is 0 Å². The zero-order valence-electron chi connectivity index (χ0n) is 12.1. The van der Waals surface area contributed by atoms with Gasteiger partial charge < -0.3 is 5.11 Å². The third-order valence-corrected chi connectivity index (χ3v) is 3.33. The zero-order chi connectivity index (χ0) is 17.3. The summed E-state index contributed by atoms with van der Waals surface area (Å²) < 4.78 is 38.1. The van der Waals surface area contributed by atoms with Gasteiger partial charge in [0.15, 0.2) is 5.52 Å². The molecule has 3 aromatic heterocycles. The van der Waals surface area contributed by atoms with E-state index >= 15 is 0 Å². The Labute approximate surface area is 133 Å². The Kier molecular flexibility index (Phi) is 3.81. The van der Waals surface area contributed by atoms with Crippen LogP contribution in [0.1, 0.15) is 16.8 Å². The van der Waals surface area contributed by atoms with Gasteiger partial charge >= 0.3 is 18.3 Å². The van der Waals surface area contributed by atoms with Crippen LogP contribution in [0.5, 0.6) is 0 Å². The van der Waals surface area contributed by atoms with E-state index in [1.54, 1.807) is 6.07 Å². The molecule has 0 aliphatic carbocycles. The Morgan fingerprint density at radius 1 is 1.29 bits per heavy atom. The molecule has 0 aliphatic heterocycles. The van der Waals surface area contributed by atoms with Crippen molar-refractivity contribution >= 4 is 16.9 Å². The van der Waals surface area contributed by atoms with E-state index in [0.717, 1.165) is 0 Å². The lowest BCUT2D eigenvalue weighted by Gasteiger charge is -2.03. The fourth-order valence-electron chi connectivity index (χ4n) is 2.16. The first-order valence-corrected chi connectivity index (χ1v) is 6.84. The molecule has 0 radical (unpaired) electrons.